The maximum Gasteiger partial charge on any atom is 0.335 e. The van der Waals surface area contributed by atoms with Crippen LogP contribution < -0.4 is 4.74 Å². The van der Waals surface area contributed by atoms with E-state index in [1.54, 1.807) is 12.1 Å². The van der Waals surface area contributed by atoms with Crippen LogP contribution in [0.25, 0.3) is 6.08 Å². The first-order chi connectivity index (χ1) is 7.52. The number of benzene rings is 1. The predicted molar refractivity (Wildman–Crippen MR) is 73.0 cm³/mol. The third kappa shape index (κ3) is 3.79. The first-order valence-corrected chi connectivity index (χ1v) is 5.47. The molecule has 0 saturated carbocycles. The Bertz CT molecular complexity index is 446. The molecule has 4 heteroatoms. The van der Waals surface area contributed by atoms with Gasteiger partial charge >= 0.3 is 5.97 Å². The topological polar surface area (TPSA) is 26.3 Å². The predicted octanol–water partition coefficient (Wildman–Crippen LogP) is 3.24. The second-order valence-corrected chi connectivity index (χ2v) is 4.46. The number of hydrogen-bond donors (Lipinski definition) is 2. The van der Waals surface area contributed by atoms with Crippen LogP contribution in [0.1, 0.15) is 11.1 Å². The zero-order valence-corrected chi connectivity index (χ0v) is 10.6. The summed E-state index contributed by atoms with van der Waals surface area (Å²) in [7, 11) is 0. The third-order valence-corrected chi connectivity index (χ3v) is 2.17. The minimum absolute atomic E-state index is 0.466. The largest absolute Gasteiger partial charge is 0.423 e. The normalized spacial score (nSPS) is 9.44. The van der Waals surface area contributed by atoms with E-state index >= 15 is 0 Å². The molecular weight excluding hydrogens is 240 g/mol. The van der Waals surface area contributed by atoms with Gasteiger partial charge < -0.3 is 4.74 Å². The number of ether oxygens (including phenoxy) is 1. The first kappa shape index (κ1) is 12.9. The van der Waals surface area contributed by atoms with Gasteiger partial charge in [0.1, 0.15) is 5.75 Å². The van der Waals surface area contributed by atoms with Crippen molar-refractivity contribution in [1.82, 2.24) is 0 Å². The maximum atomic E-state index is 11.0. The Hall–Kier alpha value is -1.13. The van der Waals surface area contributed by atoms with Gasteiger partial charge in [-0.3, -0.25) is 0 Å². The molecule has 0 fully saturated rings. The van der Waals surface area contributed by atoms with E-state index in [1.807, 2.05) is 19.1 Å². The highest BCUT2D eigenvalue weighted by atomic mass is 32.2. The smallest absolute Gasteiger partial charge is 0.335 e. The molecule has 1 aromatic rings. The number of esters is 1. The summed E-state index contributed by atoms with van der Waals surface area (Å²) in [6.07, 6.45) is 2.95. The van der Waals surface area contributed by atoms with Crippen LogP contribution in [0.5, 0.6) is 5.75 Å². The van der Waals surface area contributed by atoms with E-state index in [1.165, 1.54) is 0 Å². The van der Waals surface area contributed by atoms with Crippen molar-refractivity contribution in [3.63, 3.8) is 0 Å². The van der Waals surface area contributed by atoms with E-state index < -0.39 is 5.97 Å². The van der Waals surface area contributed by atoms with Gasteiger partial charge in [-0.05, 0) is 36.3 Å². The molecule has 0 N–H and O–H groups in total. The Morgan fingerprint density at radius 3 is 2.62 bits per heavy atom. The summed E-state index contributed by atoms with van der Waals surface area (Å²) in [4.78, 5) is 11.0. The summed E-state index contributed by atoms with van der Waals surface area (Å²) in [5.74, 6) is 0.0335. The molecular formula is C12H12O2S2. The molecule has 0 aliphatic rings. The van der Waals surface area contributed by atoms with Crippen molar-refractivity contribution in [1.29, 1.82) is 0 Å². The molecule has 0 amide bonds. The molecule has 0 saturated heterocycles. The highest BCUT2D eigenvalue weighted by Gasteiger charge is 2.02. The van der Waals surface area contributed by atoms with Crippen molar-refractivity contribution in [3.8, 4) is 5.75 Å². The third-order valence-electron chi connectivity index (χ3n) is 1.91. The molecule has 0 heterocycles. The summed E-state index contributed by atoms with van der Waals surface area (Å²) in [5.41, 5.74) is 1.97. The Kier molecular flexibility index (Phi) is 4.71. The molecule has 0 aliphatic heterocycles. The fourth-order valence-electron chi connectivity index (χ4n) is 1.17. The Labute approximate surface area is 106 Å². The Balaban J connectivity index is 2.95. The monoisotopic (exact) mass is 252 g/mol. The van der Waals surface area contributed by atoms with Gasteiger partial charge in [0.15, 0.2) is 0 Å². The molecule has 1 aromatic carbocycles. The first-order valence-electron chi connectivity index (χ1n) is 4.57. The molecule has 0 aromatic heterocycles. The number of carbonyl (C=O) groups is 1. The maximum absolute atomic E-state index is 11.0. The van der Waals surface area contributed by atoms with Crippen LogP contribution >= 0.6 is 25.3 Å². The highest BCUT2D eigenvalue weighted by molar-refractivity contribution is 8.05. The summed E-state index contributed by atoms with van der Waals surface area (Å²) < 4.78 is 5.61. The fourth-order valence-corrected chi connectivity index (χ4v) is 1.45. The van der Waals surface area contributed by atoms with Crippen LogP contribution in [0.4, 0.5) is 0 Å². The molecule has 0 atom stereocenters. The number of thiol groups is 2. The average molecular weight is 252 g/mol. The lowest BCUT2D eigenvalue weighted by Crippen LogP contribution is -2.03. The van der Waals surface area contributed by atoms with Crippen molar-refractivity contribution in [2.24, 2.45) is 0 Å². The summed E-state index contributed by atoms with van der Waals surface area (Å²) in [6, 6.07) is 5.33. The lowest BCUT2D eigenvalue weighted by atomic mass is 10.1. The number of aryl methyl sites for hydroxylation is 1. The molecule has 84 valence electrons. The fraction of sp³-hybridized carbons (Fsp3) is 0.0833. The Morgan fingerprint density at radius 2 is 2.12 bits per heavy atom. The second-order valence-electron chi connectivity index (χ2n) is 3.15. The van der Waals surface area contributed by atoms with Gasteiger partial charge in [0.05, 0.1) is 0 Å². The van der Waals surface area contributed by atoms with E-state index in [2.05, 4.69) is 31.8 Å². The zero-order valence-electron chi connectivity index (χ0n) is 8.80. The lowest BCUT2D eigenvalue weighted by Gasteiger charge is -2.05. The van der Waals surface area contributed by atoms with Gasteiger partial charge in [0, 0.05) is 10.3 Å². The summed E-state index contributed by atoms with van der Waals surface area (Å²) in [6.45, 7) is 5.25. The van der Waals surface area contributed by atoms with Crippen molar-refractivity contribution in [3.05, 3.63) is 46.2 Å². The zero-order chi connectivity index (χ0) is 12.1. The van der Waals surface area contributed by atoms with Gasteiger partial charge in [-0.2, -0.15) is 0 Å². The van der Waals surface area contributed by atoms with Crippen LogP contribution in [0.3, 0.4) is 0 Å². The summed E-state index contributed by atoms with van der Waals surface area (Å²) >= 11 is 8.16. The van der Waals surface area contributed by atoms with Gasteiger partial charge in [-0.1, -0.05) is 12.6 Å². The van der Waals surface area contributed by atoms with E-state index in [0.717, 1.165) is 17.2 Å². The van der Waals surface area contributed by atoms with Crippen LogP contribution in [-0.2, 0) is 4.79 Å². The Morgan fingerprint density at radius 1 is 1.44 bits per heavy atom. The van der Waals surface area contributed by atoms with Gasteiger partial charge in [0.25, 0.3) is 0 Å². The van der Waals surface area contributed by atoms with Crippen LogP contribution in [-0.4, -0.2) is 5.97 Å². The van der Waals surface area contributed by atoms with Crippen LogP contribution in [0.15, 0.2) is 35.1 Å². The molecule has 0 unspecified atom stereocenters. The lowest BCUT2D eigenvalue weighted by molar-refractivity contribution is -0.128. The number of hydrogen-bond acceptors (Lipinski definition) is 4. The molecule has 0 bridgehead atoms. The number of carbonyl (C=O) groups excluding carboxylic acids is 1. The van der Waals surface area contributed by atoms with E-state index in [-0.39, 0.29) is 0 Å². The molecule has 0 aliphatic carbocycles. The van der Waals surface area contributed by atoms with Crippen molar-refractivity contribution in [2.45, 2.75) is 6.92 Å². The van der Waals surface area contributed by atoms with Crippen LogP contribution in [0.2, 0.25) is 0 Å². The van der Waals surface area contributed by atoms with Crippen LogP contribution in [0, 0.1) is 6.92 Å². The molecule has 1 rings (SSSR count). The highest BCUT2D eigenvalue weighted by Crippen LogP contribution is 2.21. The van der Waals surface area contributed by atoms with Crippen molar-refractivity contribution in [2.75, 3.05) is 0 Å². The second kappa shape index (κ2) is 5.82. The molecule has 0 spiro atoms. The quantitative estimate of drug-likeness (QED) is 0.374. The van der Waals surface area contributed by atoms with Gasteiger partial charge in [0.2, 0.25) is 0 Å². The molecule has 16 heavy (non-hydrogen) atoms. The standard InChI is InChI=1S/C12H12O2S2/c1-3-11(13)14-10-5-4-9(7-12(15)16)8(2)6-10/h3-7,15-16H,1H2,2H3. The van der Waals surface area contributed by atoms with E-state index in [4.69, 9.17) is 4.74 Å². The van der Waals surface area contributed by atoms with E-state index in [0.29, 0.717) is 9.99 Å². The van der Waals surface area contributed by atoms with E-state index in [9.17, 15) is 4.79 Å². The minimum Gasteiger partial charge on any atom is -0.423 e. The summed E-state index contributed by atoms with van der Waals surface area (Å²) in [5, 5.41) is 0. The average Bonchev–Trinajstić information content (AvgIpc) is 2.21. The molecule has 2 nitrogen and oxygen atoms in total. The van der Waals surface area contributed by atoms with Crippen molar-refractivity contribution >= 4 is 37.3 Å². The number of rotatable bonds is 3. The van der Waals surface area contributed by atoms with Gasteiger partial charge in [-0.25, -0.2) is 4.79 Å². The molecule has 0 radical (unpaired) electrons. The van der Waals surface area contributed by atoms with Crippen molar-refractivity contribution < 1.29 is 9.53 Å². The van der Waals surface area contributed by atoms with Gasteiger partial charge in [-0.15, -0.1) is 25.3 Å². The minimum atomic E-state index is -0.466. The SMILES string of the molecule is C=CC(=O)Oc1ccc(C=C(S)S)c(C)c1.